The molecule has 0 fully saturated rings. The Kier molecular flexibility index (Phi) is 3.43. The van der Waals surface area contributed by atoms with E-state index in [9.17, 15) is 0 Å². The van der Waals surface area contributed by atoms with Crippen molar-refractivity contribution in [3.05, 3.63) is 33.5 Å². The number of aromatic nitrogens is 3. The van der Waals surface area contributed by atoms with Crippen LogP contribution >= 0.6 is 11.3 Å². The van der Waals surface area contributed by atoms with Crippen LogP contribution in [0.5, 0.6) is 0 Å². The lowest BCUT2D eigenvalue weighted by Crippen LogP contribution is -2.19. The molecule has 0 aromatic carbocycles. The van der Waals surface area contributed by atoms with Crippen LogP contribution in [0, 0.1) is 6.92 Å². The van der Waals surface area contributed by atoms with Crippen LogP contribution < -0.4 is 5.32 Å². The molecular weight excluding hydrogens is 244 g/mol. The molecule has 1 aliphatic rings. The molecule has 4 nitrogen and oxygen atoms in total. The van der Waals surface area contributed by atoms with Crippen molar-refractivity contribution in [2.24, 2.45) is 0 Å². The fraction of sp³-hybridized carbons (Fsp3) is 0.538. The third kappa shape index (κ3) is 2.33. The molecule has 0 saturated carbocycles. The second kappa shape index (κ2) is 5.20. The minimum atomic E-state index is 0.808. The smallest absolute Gasteiger partial charge is 0.147 e. The zero-order chi connectivity index (χ0) is 12.4. The second-order valence-corrected chi connectivity index (χ2v) is 5.57. The molecule has 2 aromatic rings. The van der Waals surface area contributed by atoms with E-state index in [4.69, 9.17) is 0 Å². The first kappa shape index (κ1) is 11.9. The average Bonchev–Trinajstić information content (AvgIpc) is 2.97. The van der Waals surface area contributed by atoms with Crippen LogP contribution in [-0.4, -0.2) is 14.8 Å². The van der Waals surface area contributed by atoms with E-state index < -0.39 is 0 Å². The van der Waals surface area contributed by atoms with E-state index >= 15 is 0 Å². The van der Waals surface area contributed by atoms with Crippen LogP contribution in [0.1, 0.15) is 35.6 Å². The number of fused-ring (bicyclic) bond motifs is 1. The standard InChI is InChI=1S/C13H18N4S/c1-10-8-18-9-11(10)6-14-7-13-16-15-12-4-2-3-5-17(12)13/h8-9,14H,2-7H2,1H3. The van der Waals surface area contributed by atoms with Gasteiger partial charge < -0.3 is 9.88 Å². The van der Waals surface area contributed by atoms with Gasteiger partial charge in [0, 0.05) is 19.5 Å². The quantitative estimate of drug-likeness (QED) is 0.919. The highest BCUT2D eigenvalue weighted by atomic mass is 32.1. The molecule has 0 amide bonds. The summed E-state index contributed by atoms with van der Waals surface area (Å²) in [6.45, 7) is 4.96. The Bertz CT molecular complexity index is 529. The van der Waals surface area contributed by atoms with Crippen LogP contribution in [0.3, 0.4) is 0 Å². The van der Waals surface area contributed by atoms with Gasteiger partial charge in [0.2, 0.25) is 0 Å². The molecule has 0 unspecified atom stereocenters. The highest BCUT2D eigenvalue weighted by Crippen LogP contribution is 2.15. The van der Waals surface area contributed by atoms with Gasteiger partial charge in [-0.25, -0.2) is 0 Å². The zero-order valence-corrected chi connectivity index (χ0v) is 11.5. The van der Waals surface area contributed by atoms with Gasteiger partial charge in [0.05, 0.1) is 6.54 Å². The number of aryl methyl sites for hydroxylation is 2. The molecule has 0 aliphatic carbocycles. The summed E-state index contributed by atoms with van der Waals surface area (Å²) in [4.78, 5) is 0. The summed E-state index contributed by atoms with van der Waals surface area (Å²) in [6.07, 6.45) is 3.58. The largest absolute Gasteiger partial charge is 0.314 e. The Balaban J connectivity index is 1.60. The van der Waals surface area contributed by atoms with E-state index in [2.05, 4.69) is 37.8 Å². The monoisotopic (exact) mass is 262 g/mol. The molecular formula is C13H18N4S. The maximum Gasteiger partial charge on any atom is 0.147 e. The van der Waals surface area contributed by atoms with Crippen LogP contribution in [0.15, 0.2) is 10.8 Å². The molecule has 1 aliphatic heterocycles. The molecule has 2 aromatic heterocycles. The lowest BCUT2D eigenvalue weighted by atomic mass is 10.1. The van der Waals surface area contributed by atoms with Gasteiger partial charge in [-0.1, -0.05) is 0 Å². The highest BCUT2D eigenvalue weighted by Gasteiger charge is 2.15. The van der Waals surface area contributed by atoms with Gasteiger partial charge in [-0.3, -0.25) is 0 Å². The summed E-state index contributed by atoms with van der Waals surface area (Å²) in [5, 5.41) is 16.4. The Morgan fingerprint density at radius 2 is 2.22 bits per heavy atom. The van der Waals surface area contributed by atoms with Crippen molar-refractivity contribution < 1.29 is 0 Å². The molecule has 18 heavy (non-hydrogen) atoms. The molecule has 0 atom stereocenters. The number of nitrogens with zero attached hydrogens (tertiary/aromatic N) is 3. The Morgan fingerprint density at radius 1 is 1.28 bits per heavy atom. The van der Waals surface area contributed by atoms with Gasteiger partial charge >= 0.3 is 0 Å². The van der Waals surface area contributed by atoms with Gasteiger partial charge in [0.25, 0.3) is 0 Å². The fourth-order valence-electron chi connectivity index (χ4n) is 2.38. The first-order valence-corrected chi connectivity index (χ1v) is 7.42. The number of hydrogen-bond acceptors (Lipinski definition) is 4. The third-order valence-corrected chi connectivity index (χ3v) is 4.41. The molecule has 0 saturated heterocycles. The summed E-state index contributed by atoms with van der Waals surface area (Å²) in [7, 11) is 0. The molecule has 3 rings (SSSR count). The van der Waals surface area contributed by atoms with Gasteiger partial charge in [-0.15, -0.1) is 10.2 Å². The molecule has 3 heterocycles. The number of hydrogen-bond donors (Lipinski definition) is 1. The minimum absolute atomic E-state index is 0.808. The van der Waals surface area contributed by atoms with Crippen LogP contribution in [0.2, 0.25) is 0 Å². The van der Waals surface area contributed by atoms with Crippen molar-refractivity contribution in [2.75, 3.05) is 0 Å². The van der Waals surface area contributed by atoms with E-state index in [1.807, 2.05) is 0 Å². The SMILES string of the molecule is Cc1cscc1CNCc1nnc2n1CCCC2. The van der Waals surface area contributed by atoms with Crippen molar-refractivity contribution in [2.45, 2.75) is 45.8 Å². The first-order chi connectivity index (χ1) is 8.84. The summed E-state index contributed by atoms with van der Waals surface area (Å²) >= 11 is 1.76. The van der Waals surface area contributed by atoms with E-state index in [0.717, 1.165) is 37.7 Å². The predicted molar refractivity (Wildman–Crippen MR) is 72.6 cm³/mol. The van der Waals surface area contributed by atoms with Gasteiger partial charge in [-0.2, -0.15) is 11.3 Å². The normalized spacial score (nSPS) is 14.7. The molecule has 5 heteroatoms. The van der Waals surface area contributed by atoms with Crippen molar-refractivity contribution in [1.82, 2.24) is 20.1 Å². The van der Waals surface area contributed by atoms with E-state index in [-0.39, 0.29) is 0 Å². The van der Waals surface area contributed by atoms with Crippen LogP contribution in [-0.2, 0) is 26.1 Å². The van der Waals surface area contributed by atoms with Gasteiger partial charge in [0.1, 0.15) is 11.6 Å². The second-order valence-electron chi connectivity index (χ2n) is 4.82. The minimum Gasteiger partial charge on any atom is -0.314 e. The lowest BCUT2D eigenvalue weighted by Gasteiger charge is -2.14. The summed E-state index contributed by atoms with van der Waals surface area (Å²) in [5.74, 6) is 2.24. The molecule has 0 bridgehead atoms. The summed E-state index contributed by atoms with van der Waals surface area (Å²) in [5.41, 5.74) is 2.76. The van der Waals surface area contributed by atoms with Gasteiger partial charge in [-0.05, 0) is 41.7 Å². The molecule has 1 N–H and O–H groups in total. The third-order valence-electron chi connectivity index (χ3n) is 3.50. The predicted octanol–water partition coefficient (Wildman–Crippen LogP) is 2.27. The Hall–Kier alpha value is -1.20. The van der Waals surface area contributed by atoms with Crippen molar-refractivity contribution in [3.8, 4) is 0 Å². The van der Waals surface area contributed by atoms with Crippen LogP contribution in [0.4, 0.5) is 0 Å². The molecule has 0 spiro atoms. The first-order valence-electron chi connectivity index (χ1n) is 6.48. The topological polar surface area (TPSA) is 42.7 Å². The maximum absolute atomic E-state index is 4.29. The highest BCUT2D eigenvalue weighted by molar-refractivity contribution is 7.08. The van der Waals surface area contributed by atoms with Crippen molar-refractivity contribution in [1.29, 1.82) is 0 Å². The summed E-state index contributed by atoms with van der Waals surface area (Å²) in [6, 6.07) is 0. The average molecular weight is 262 g/mol. The number of nitrogens with one attached hydrogen (secondary N) is 1. The lowest BCUT2D eigenvalue weighted by molar-refractivity contribution is 0.497. The Labute approximate surface area is 111 Å². The zero-order valence-electron chi connectivity index (χ0n) is 10.6. The summed E-state index contributed by atoms with van der Waals surface area (Å²) < 4.78 is 2.27. The van der Waals surface area contributed by atoms with E-state index in [0.29, 0.717) is 0 Å². The van der Waals surface area contributed by atoms with E-state index in [1.165, 1.54) is 24.0 Å². The van der Waals surface area contributed by atoms with Crippen LogP contribution in [0.25, 0.3) is 0 Å². The Morgan fingerprint density at radius 3 is 3.06 bits per heavy atom. The van der Waals surface area contributed by atoms with Crippen molar-refractivity contribution in [3.63, 3.8) is 0 Å². The number of rotatable bonds is 4. The van der Waals surface area contributed by atoms with E-state index in [1.54, 1.807) is 11.3 Å². The van der Waals surface area contributed by atoms with Gasteiger partial charge in [0.15, 0.2) is 0 Å². The fourth-order valence-corrected chi connectivity index (χ4v) is 3.23. The molecule has 0 radical (unpaired) electrons. The number of thiophene rings is 1. The van der Waals surface area contributed by atoms with Crippen molar-refractivity contribution >= 4 is 11.3 Å². The molecule has 96 valence electrons. The maximum atomic E-state index is 4.29.